The van der Waals surface area contributed by atoms with E-state index in [4.69, 9.17) is 0 Å². The van der Waals surface area contributed by atoms with Crippen LogP contribution in [0.2, 0.25) is 0 Å². The first kappa shape index (κ1) is 12.5. The zero-order valence-electron chi connectivity index (χ0n) is 11.5. The van der Waals surface area contributed by atoms with Crippen LogP contribution in [-0.4, -0.2) is 23.7 Å². The first-order valence-corrected chi connectivity index (χ1v) is 7.44. The van der Waals surface area contributed by atoms with E-state index in [1.807, 2.05) is 6.92 Å². The van der Waals surface area contributed by atoms with Crippen LogP contribution in [-0.2, 0) is 4.79 Å². The van der Waals surface area contributed by atoms with E-state index in [1.165, 1.54) is 32.1 Å². The topological polar surface area (TPSA) is 49.3 Å². The Morgan fingerprint density at radius 1 is 1.17 bits per heavy atom. The number of nitrogens with one attached hydrogen (secondary N) is 1. The van der Waals surface area contributed by atoms with E-state index in [0.29, 0.717) is 5.92 Å². The molecule has 0 saturated heterocycles. The van der Waals surface area contributed by atoms with Crippen LogP contribution in [0.5, 0.6) is 0 Å². The highest BCUT2D eigenvalue weighted by molar-refractivity contribution is 5.78. The Balaban J connectivity index is 1.75. The lowest BCUT2D eigenvalue weighted by Crippen LogP contribution is -2.53. The summed E-state index contributed by atoms with van der Waals surface area (Å²) in [7, 11) is 1.78. The fourth-order valence-corrected chi connectivity index (χ4v) is 5.14. The number of hydrogen-bond donors (Lipinski definition) is 2. The smallest absolute Gasteiger partial charge is 0.323 e. The van der Waals surface area contributed by atoms with E-state index in [2.05, 4.69) is 5.32 Å². The van der Waals surface area contributed by atoms with E-state index in [9.17, 15) is 9.90 Å². The van der Waals surface area contributed by atoms with Gasteiger partial charge in [0.1, 0.15) is 5.54 Å². The van der Waals surface area contributed by atoms with Gasteiger partial charge in [-0.3, -0.25) is 4.79 Å². The van der Waals surface area contributed by atoms with Crippen molar-refractivity contribution in [3.05, 3.63) is 0 Å². The lowest BCUT2D eigenvalue weighted by Gasteiger charge is -2.55. The van der Waals surface area contributed by atoms with E-state index in [0.717, 1.165) is 30.1 Å². The van der Waals surface area contributed by atoms with Crippen LogP contribution in [0.3, 0.4) is 0 Å². The average Bonchev–Trinajstić information content (AvgIpc) is 2.32. The van der Waals surface area contributed by atoms with Gasteiger partial charge in [-0.2, -0.15) is 0 Å². The average molecular weight is 251 g/mol. The lowest BCUT2D eigenvalue weighted by molar-refractivity contribution is -0.146. The summed E-state index contributed by atoms with van der Waals surface area (Å²) in [5, 5.41) is 12.5. The van der Waals surface area contributed by atoms with Crippen molar-refractivity contribution in [2.24, 2.45) is 29.6 Å². The maximum atomic E-state index is 11.5. The van der Waals surface area contributed by atoms with Gasteiger partial charge in [-0.05, 0) is 82.1 Å². The molecule has 0 aromatic carbocycles. The first-order valence-electron chi connectivity index (χ1n) is 7.44. The molecule has 18 heavy (non-hydrogen) atoms. The molecule has 0 heterocycles. The molecule has 4 aliphatic carbocycles. The van der Waals surface area contributed by atoms with Gasteiger partial charge in [-0.1, -0.05) is 0 Å². The second-order valence-corrected chi connectivity index (χ2v) is 7.19. The minimum absolute atomic E-state index is 0.645. The number of hydrogen-bond acceptors (Lipinski definition) is 2. The highest BCUT2D eigenvalue weighted by Gasteiger charge is 2.50. The molecule has 4 rings (SSSR count). The Morgan fingerprint density at radius 3 is 2.06 bits per heavy atom. The predicted molar refractivity (Wildman–Crippen MR) is 70.3 cm³/mol. The SMILES string of the molecule is CNC(C)(CC1C2CC3CC(C2)CC1C3)C(=O)O. The van der Waals surface area contributed by atoms with Gasteiger partial charge in [0, 0.05) is 0 Å². The molecule has 102 valence electrons. The fourth-order valence-electron chi connectivity index (χ4n) is 5.14. The standard InChI is InChI=1S/C15H25NO2/c1-15(16-2,14(17)18)8-13-11-4-9-3-10(6-11)7-12(13)5-9/h9-13,16H,3-8H2,1-2H3,(H,17,18). The zero-order valence-corrected chi connectivity index (χ0v) is 11.5. The Morgan fingerprint density at radius 2 is 1.67 bits per heavy atom. The van der Waals surface area contributed by atoms with Crippen LogP contribution in [0.1, 0.15) is 45.4 Å². The molecule has 1 atom stereocenters. The summed E-state index contributed by atoms with van der Waals surface area (Å²) in [4.78, 5) is 11.5. The molecule has 4 fully saturated rings. The Kier molecular flexibility index (Phi) is 2.92. The molecule has 0 aromatic rings. The molecule has 4 bridgehead atoms. The first-order chi connectivity index (χ1) is 8.51. The van der Waals surface area contributed by atoms with Gasteiger partial charge < -0.3 is 10.4 Å². The monoisotopic (exact) mass is 251 g/mol. The molecule has 4 saturated carbocycles. The molecule has 4 aliphatic rings. The normalized spacial score (nSPS) is 44.9. The number of carbonyl (C=O) groups is 1. The van der Waals surface area contributed by atoms with Crippen molar-refractivity contribution < 1.29 is 9.90 Å². The summed E-state index contributed by atoms with van der Waals surface area (Å²) in [5.41, 5.74) is -0.736. The third-order valence-electron chi connectivity index (χ3n) is 6.09. The number of rotatable bonds is 4. The van der Waals surface area contributed by atoms with Crippen LogP contribution in [0.25, 0.3) is 0 Å². The van der Waals surface area contributed by atoms with Crippen molar-refractivity contribution >= 4 is 5.97 Å². The van der Waals surface area contributed by atoms with E-state index in [1.54, 1.807) is 7.05 Å². The second-order valence-electron chi connectivity index (χ2n) is 7.19. The summed E-state index contributed by atoms with van der Waals surface area (Å²) in [6.07, 6.45) is 7.76. The molecular weight excluding hydrogens is 226 g/mol. The fraction of sp³-hybridized carbons (Fsp3) is 0.933. The minimum Gasteiger partial charge on any atom is -0.480 e. The quantitative estimate of drug-likeness (QED) is 0.807. The maximum Gasteiger partial charge on any atom is 0.323 e. The van der Waals surface area contributed by atoms with Crippen molar-refractivity contribution in [2.75, 3.05) is 7.05 Å². The summed E-state index contributed by atoms with van der Waals surface area (Å²) in [6, 6.07) is 0. The number of aliphatic carboxylic acids is 1. The Bertz CT molecular complexity index is 326. The van der Waals surface area contributed by atoms with E-state index >= 15 is 0 Å². The highest BCUT2D eigenvalue weighted by Crippen LogP contribution is 2.58. The molecule has 3 nitrogen and oxygen atoms in total. The van der Waals surface area contributed by atoms with Crippen molar-refractivity contribution in [1.29, 1.82) is 0 Å². The Hall–Kier alpha value is -0.570. The van der Waals surface area contributed by atoms with Crippen LogP contribution < -0.4 is 5.32 Å². The van der Waals surface area contributed by atoms with Crippen LogP contribution in [0, 0.1) is 29.6 Å². The Labute approximate surface area is 109 Å². The summed E-state index contributed by atoms with van der Waals surface area (Å²) in [5.74, 6) is 3.51. The third-order valence-corrected chi connectivity index (χ3v) is 6.09. The van der Waals surface area contributed by atoms with Crippen molar-refractivity contribution in [2.45, 2.75) is 51.0 Å². The number of likely N-dealkylation sites (N-methyl/N-ethyl adjacent to an activating group) is 1. The molecular formula is C15H25NO2. The lowest BCUT2D eigenvalue weighted by atomic mass is 9.50. The maximum absolute atomic E-state index is 11.5. The van der Waals surface area contributed by atoms with Gasteiger partial charge in [0.2, 0.25) is 0 Å². The molecule has 2 N–H and O–H groups in total. The van der Waals surface area contributed by atoms with Gasteiger partial charge in [0.25, 0.3) is 0 Å². The van der Waals surface area contributed by atoms with Crippen LogP contribution in [0.4, 0.5) is 0 Å². The predicted octanol–water partition coefficient (Wildman–Crippen LogP) is 2.51. The third kappa shape index (κ3) is 1.87. The molecule has 0 spiro atoms. The molecule has 1 unspecified atom stereocenters. The van der Waals surface area contributed by atoms with Gasteiger partial charge in [0.05, 0.1) is 0 Å². The molecule has 3 heteroatoms. The summed E-state index contributed by atoms with van der Waals surface area (Å²) < 4.78 is 0. The van der Waals surface area contributed by atoms with Gasteiger partial charge in [0.15, 0.2) is 0 Å². The van der Waals surface area contributed by atoms with Crippen LogP contribution in [0.15, 0.2) is 0 Å². The zero-order chi connectivity index (χ0) is 12.9. The molecule has 0 aliphatic heterocycles. The molecule has 0 radical (unpaired) electrons. The van der Waals surface area contributed by atoms with Crippen molar-refractivity contribution in [3.8, 4) is 0 Å². The minimum atomic E-state index is -0.736. The molecule has 0 amide bonds. The number of carboxylic acids is 1. The molecule has 0 aromatic heterocycles. The van der Waals surface area contributed by atoms with E-state index < -0.39 is 11.5 Å². The largest absolute Gasteiger partial charge is 0.480 e. The van der Waals surface area contributed by atoms with E-state index in [-0.39, 0.29) is 0 Å². The van der Waals surface area contributed by atoms with Gasteiger partial charge in [-0.15, -0.1) is 0 Å². The van der Waals surface area contributed by atoms with Crippen molar-refractivity contribution in [1.82, 2.24) is 5.32 Å². The van der Waals surface area contributed by atoms with Crippen LogP contribution >= 0.6 is 0 Å². The van der Waals surface area contributed by atoms with Crippen molar-refractivity contribution in [3.63, 3.8) is 0 Å². The highest BCUT2D eigenvalue weighted by atomic mass is 16.4. The van der Waals surface area contributed by atoms with Gasteiger partial charge >= 0.3 is 5.97 Å². The van der Waals surface area contributed by atoms with Gasteiger partial charge in [-0.25, -0.2) is 0 Å². The second kappa shape index (κ2) is 4.22. The summed E-state index contributed by atoms with van der Waals surface area (Å²) in [6.45, 7) is 1.85. The number of carboxylic acid groups (broad SMARTS) is 1. The summed E-state index contributed by atoms with van der Waals surface area (Å²) >= 11 is 0.